The summed E-state index contributed by atoms with van der Waals surface area (Å²) in [5.74, 6) is 0. The Bertz CT molecular complexity index is 1510. The minimum Gasteiger partial charge on any atom is -0.371 e. The summed E-state index contributed by atoms with van der Waals surface area (Å²) < 4.78 is 0. The van der Waals surface area contributed by atoms with Crippen molar-refractivity contribution in [2.24, 2.45) is 5.41 Å². The van der Waals surface area contributed by atoms with Crippen LogP contribution in [0.5, 0.6) is 0 Å². The van der Waals surface area contributed by atoms with Gasteiger partial charge in [-0.05, 0) is 50.5 Å². The molecule has 7 nitrogen and oxygen atoms in total. The first-order chi connectivity index (χ1) is 18.2. The number of pyridine rings is 2. The van der Waals surface area contributed by atoms with Crippen LogP contribution in [0.25, 0.3) is 39.2 Å². The highest BCUT2D eigenvalue weighted by Gasteiger charge is 2.20. The summed E-state index contributed by atoms with van der Waals surface area (Å²) in [4.78, 5) is 15.2. The zero-order valence-electron chi connectivity index (χ0n) is 22.9. The molecule has 196 valence electrons. The molecule has 5 heterocycles. The molecule has 0 spiro atoms. The van der Waals surface area contributed by atoms with Gasteiger partial charge in [0.15, 0.2) is 5.65 Å². The van der Waals surface area contributed by atoms with Crippen molar-refractivity contribution in [2.75, 3.05) is 18.4 Å². The minimum atomic E-state index is -0.0517. The van der Waals surface area contributed by atoms with Crippen LogP contribution in [0.1, 0.15) is 51.3 Å². The number of aromatic amines is 2. The summed E-state index contributed by atoms with van der Waals surface area (Å²) in [6.45, 7) is 18.8. The van der Waals surface area contributed by atoms with E-state index in [9.17, 15) is 0 Å². The van der Waals surface area contributed by atoms with Gasteiger partial charge in [-0.2, -0.15) is 5.10 Å². The number of hydrogen-bond donors (Lipinski definition) is 3. The van der Waals surface area contributed by atoms with Gasteiger partial charge in [0.05, 0.1) is 23.3 Å². The van der Waals surface area contributed by atoms with Crippen molar-refractivity contribution >= 4 is 22.4 Å². The number of anilines is 1. The molecule has 1 fully saturated rings. The predicted molar refractivity (Wildman–Crippen MR) is 157 cm³/mol. The Morgan fingerprint density at radius 2 is 1.82 bits per heavy atom. The number of fused-ring (bicyclic) bond motifs is 1. The lowest BCUT2D eigenvalue weighted by molar-refractivity contribution is 0.326. The van der Waals surface area contributed by atoms with Crippen molar-refractivity contribution in [3.8, 4) is 22.5 Å². The fraction of sp³-hybridized carbons (Fsp3) is 0.323. The summed E-state index contributed by atoms with van der Waals surface area (Å²) in [6, 6.07) is 6.42. The van der Waals surface area contributed by atoms with Gasteiger partial charge in [-0.1, -0.05) is 40.0 Å². The van der Waals surface area contributed by atoms with E-state index in [0.29, 0.717) is 5.65 Å². The Kier molecular flexibility index (Phi) is 6.93. The van der Waals surface area contributed by atoms with Gasteiger partial charge in [0.25, 0.3) is 0 Å². The first-order valence-corrected chi connectivity index (χ1v) is 13.3. The molecule has 0 aliphatic carbocycles. The summed E-state index contributed by atoms with van der Waals surface area (Å²) in [6.07, 6.45) is 13.3. The number of piperidine rings is 1. The van der Waals surface area contributed by atoms with Crippen LogP contribution in [0.4, 0.5) is 5.69 Å². The SMILES string of the molecule is C=C/C=C(\c1cc(-c2[nH]nc3ncc(-c4cncc(NC(=C)C(C)(C)C)c4)cc23)[nH]c1C)N1CCCCC1. The molecule has 0 atom stereocenters. The van der Waals surface area contributed by atoms with Gasteiger partial charge in [0, 0.05) is 70.1 Å². The molecule has 4 aromatic heterocycles. The molecule has 7 heteroatoms. The minimum absolute atomic E-state index is 0.0517. The lowest BCUT2D eigenvalue weighted by Gasteiger charge is -2.31. The maximum absolute atomic E-state index is 4.65. The third-order valence-corrected chi connectivity index (χ3v) is 7.21. The highest BCUT2D eigenvalue weighted by molar-refractivity contribution is 5.93. The third-order valence-electron chi connectivity index (χ3n) is 7.21. The van der Waals surface area contributed by atoms with E-state index in [4.69, 9.17) is 0 Å². The van der Waals surface area contributed by atoms with Gasteiger partial charge in [-0.25, -0.2) is 4.98 Å². The number of H-pyrrole nitrogens is 2. The predicted octanol–water partition coefficient (Wildman–Crippen LogP) is 7.31. The van der Waals surface area contributed by atoms with Gasteiger partial charge in [0.2, 0.25) is 0 Å². The zero-order valence-corrected chi connectivity index (χ0v) is 22.9. The largest absolute Gasteiger partial charge is 0.371 e. The molecule has 4 aromatic rings. The molecular formula is C31H37N7. The van der Waals surface area contributed by atoms with Crippen molar-refractivity contribution in [3.05, 3.63) is 79.1 Å². The first-order valence-electron chi connectivity index (χ1n) is 13.3. The number of nitrogens with one attached hydrogen (secondary N) is 3. The second kappa shape index (κ2) is 10.3. The number of rotatable bonds is 7. The van der Waals surface area contributed by atoms with Crippen LogP contribution in [0, 0.1) is 12.3 Å². The average Bonchev–Trinajstić information content (AvgIpc) is 3.50. The third kappa shape index (κ3) is 5.14. The van der Waals surface area contributed by atoms with E-state index >= 15 is 0 Å². The summed E-state index contributed by atoms with van der Waals surface area (Å²) in [5, 5.41) is 12.1. The van der Waals surface area contributed by atoms with Crippen LogP contribution >= 0.6 is 0 Å². The van der Waals surface area contributed by atoms with Crippen LogP contribution in [0.15, 0.2) is 67.8 Å². The monoisotopic (exact) mass is 507 g/mol. The molecule has 1 aliphatic rings. The maximum Gasteiger partial charge on any atom is 0.181 e. The molecular weight excluding hydrogens is 470 g/mol. The number of aryl methyl sites for hydroxylation is 1. The van der Waals surface area contributed by atoms with Gasteiger partial charge in [0.1, 0.15) is 0 Å². The Hall–Kier alpha value is -4.13. The van der Waals surface area contributed by atoms with Gasteiger partial charge in [-0.3, -0.25) is 10.1 Å². The number of hydrogen-bond acceptors (Lipinski definition) is 5. The van der Waals surface area contributed by atoms with Crippen LogP contribution in [0.3, 0.4) is 0 Å². The summed E-state index contributed by atoms with van der Waals surface area (Å²) >= 11 is 0. The topological polar surface area (TPSA) is 85.5 Å². The van der Waals surface area contributed by atoms with E-state index in [-0.39, 0.29) is 5.41 Å². The van der Waals surface area contributed by atoms with Crippen LogP contribution in [-0.4, -0.2) is 43.1 Å². The average molecular weight is 508 g/mol. The molecule has 38 heavy (non-hydrogen) atoms. The van der Waals surface area contributed by atoms with Crippen molar-refractivity contribution < 1.29 is 0 Å². The highest BCUT2D eigenvalue weighted by atomic mass is 15.2. The van der Waals surface area contributed by atoms with Crippen molar-refractivity contribution in [2.45, 2.75) is 47.0 Å². The summed E-state index contributed by atoms with van der Waals surface area (Å²) in [7, 11) is 0. The van der Waals surface area contributed by atoms with E-state index in [1.165, 1.54) is 30.5 Å². The Morgan fingerprint density at radius 1 is 1.05 bits per heavy atom. The highest BCUT2D eigenvalue weighted by Crippen LogP contribution is 2.34. The zero-order chi connectivity index (χ0) is 26.9. The van der Waals surface area contributed by atoms with E-state index < -0.39 is 0 Å². The standard InChI is InChI=1S/C31H37N7/c1-7-11-28(38-12-9-8-10-13-38)25-16-27(34-20(25)2)29-26-15-23(18-33-30(26)37-36-29)22-14-24(19-32-17-22)35-21(3)31(4,5)6/h7,11,14-19,34-35H,1,3,8-10,12-13H2,2,4-6H3,(H,33,36,37)/b28-11+. The van der Waals surface area contributed by atoms with Gasteiger partial charge >= 0.3 is 0 Å². The number of nitrogens with zero attached hydrogens (tertiary/aromatic N) is 4. The second-order valence-corrected chi connectivity index (χ2v) is 11.1. The van der Waals surface area contributed by atoms with Crippen LogP contribution in [-0.2, 0) is 0 Å². The van der Waals surface area contributed by atoms with E-state index in [2.05, 4.69) is 100 Å². The molecule has 1 saturated heterocycles. The van der Waals surface area contributed by atoms with Gasteiger partial charge < -0.3 is 15.2 Å². The molecule has 0 radical (unpaired) electrons. The number of aromatic nitrogens is 5. The molecule has 1 aliphatic heterocycles. The Morgan fingerprint density at radius 3 is 2.55 bits per heavy atom. The molecule has 0 amide bonds. The Balaban J connectivity index is 1.49. The smallest absolute Gasteiger partial charge is 0.181 e. The van der Waals surface area contributed by atoms with Crippen molar-refractivity contribution in [1.29, 1.82) is 0 Å². The molecule has 0 saturated carbocycles. The normalized spacial score (nSPS) is 14.6. The fourth-order valence-electron chi connectivity index (χ4n) is 4.86. The van der Waals surface area contributed by atoms with Crippen molar-refractivity contribution in [1.82, 2.24) is 30.0 Å². The number of likely N-dealkylation sites (tertiary alicyclic amines) is 1. The quantitative estimate of drug-likeness (QED) is 0.228. The van der Waals surface area contributed by atoms with Crippen LogP contribution in [0.2, 0.25) is 0 Å². The Labute approximate surface area is 224 Å². The molecule has 0 unspecified atom stereocenters. The maximum atomic E-state index is 4.65. The van der Waals surface area contributed by atoms with Gasteiger partial charge in [-0.15, -0.1) is 0 Å². The fourth-order valence-corrected chi connectivity index (χ4v) is 4.86. The molecule has 0 aromatic carbocycles. The van der Waals surface area contributed by atoms with Crippen LogP contribution < -0.4 is 5.32 Å². The van der Waals surface area contributed by atoms with E-state index in [0.717, 1.165) is 58.1 Å². The second-order valence-electron chi connectivity index (χ2n) is 11.1. The van der Waals surface area contributed by atoms with Crippen molar-refractivity contribution in [3.63, 3.8) is 0 Å². The lowest BCUT2D eigenvalue weighted by atomic mass is 9.93. The van der Waals surface area contributed by atoms with E-state index in [1.54, 1.807) is 0 Å². The lowest BCUT2D eigenvalue weighted by Crippen LogP contribution is -2.28. The molecule has 0 bridgehead atoms. The molecule has 5 rings (SSSR count). The first kappa shape index (κ1) is 25.5. The summed E-state index contributed by atoms with van der Waals surface area (Å²) in [5.41, 5.74) is 9.85. The van der Waals surface area contributed by atoms with E-state index in [1.807, 2.05) is 24.7 Å². The number of allylic oxidation sites excluding steroid dienone is 3. The molecule has 3 N–H and O–H groups in total.